The zero-order valence-electron chi connectivity index (χ0n) is 15.8. The summed E-state index contributed by atoms with van der Waals surface area (Å²) in [6, 6.07) is 11.5. The highest BCUT2D eigenvalue weighted by Gasteiger charge is 2.16. The molecule has 148 valence electrons. The average Bonchev–Trinajstić information content (AvgIpc) is 3.08. The van der Waals surface area contributed by atoms with Gasteiger partial charge < -0.3 is 19.6 Å². The Morgan fingerprint density at radius 2 is 1.93 bits per heavy atom. The Morgan fingerprint density at radius 1 is 1.18 bits per heavy atom. The van der Waals surface area contributed by atoms with E-state index < -0.39 is 0 Å². The summed E-state index contributed by atoms with van der Waals surface area (Å²) in [7, 11) is 3.24. The fraction of sp³-hybridized carbons (Fsp3) is 0.263. The van der Waals surface area contributed by atoms with E-state index in [4.69, 9.17) is 26.4 Å². The molecule has 28 heavy (non-hydrogen) atoms. The molecule has 1 heterocycles. The minimum atomic E-state index is 0.445. The van der Waals surface area contributed by atoms with E-state index in [0.29, 0.717) is 41.0 Å². The number of halogens is 1. The van der Waals surface area contributed by atoms with Crippen molar-refractivity contribution >= 4 is 28.1 Å². The van der Waals surface area contributed by atoms with Crippen LogP contribution in [0.15, 0.2) is 40.9 Å². The number of nitrogens with zero attached hydrogens (tertiary/aromatic N) is 2. The largest absolute Gasteiger partial charge is 0.496 e. The quantitative estimate of drug-likeness (QED) is 0.477. The number of nitrogens with one attached hydrogen (secondary N) is 2. The fourth-order valence-electron chi connectivity index (χ4n) is 2.83. The fourth-order valence-corrected chi connectivity index (χ4v) is 3.51. The van der Waals surface area contributed by atoms with Crippen molar-refractivity contribution in [2.75, 3.05) is 26.3 Å². The molecule has 0 spiro atoms. The van der Waals surface area contributed by atoms with Crippen LogP contribution in [0.5, 0.6) is 17.2 Å². The van der Waals surface area contributed by atoms with E-state index >= 15 is 0 Å². The van der Waals surface area contributed by atoms with Crippen LogP contribution in [0.4, 0.5) is 0 Å². The molecule has 0 amide bonds. The van der Waals surface area contributed by atoms with E-state index in [0.717, 1.165) is 15.6 Å². The van der Waals surface area contributed by atoms with Gasteiger partial charge in [-0.25, -0.2) is 9.77 Å². The molecule has 0 fully saturated rings. The molecule has 0 saturated heterocycles. The van der Waals surface area contributed by atoms with Crippen LogP contribution in [0.2, 0.25) is 0 Å². The lowest BCUT2D eigenvalue weighted by Crippen LogP contribution is -2.17. The van der Waals surface area contributed by atoms with Crippen LogP contribution in [0.1, 0.15) is 12.5 Å². The lowest BCUT2D eigenvalue weighted by molar-refractivity contribution is 0.307. The van der Waals surface area contributed by atoms with Crippen molar-refractivity contribution in [3.63, 3.8) is 0 Å². The number of benzene rings is 2. The number of ether oxygens (including phenoxy) is 3. The first kappa shape index (κ1) is 20.2. The summed E-state index contributed by atoms with van der Waals surface area (Å²) >= 11 is 8.92. The highest BCUT2D eigenvalue weighted by Crippen LogP contribution is 2.35. The smallest absolute Gasteiger partial charge is 0.214 e. The van der Waals surface area contributed by atoms with Gasteiger partial charge in [-0.3, -0.25) is 0 Å². The molecule has 0 unspecified atom stereocenters. The maximum absolute atomic E-state index is 5.80. The van der Waals surface area contributed by atoms with Gasteiger partial charge in [0.1, 0.15) is 5.75 Å². The Morgan fingerprint density at radius 3 is 2.64 bits per heavy atom. The van der Waals surface area contributed by atoms with Crippen molar-refractivity contribution in [2.24, 2.45) is 0 Å². The number of hydrogen-bond donors (Lipinski definition) is 2. The SMILES string of the molecule is CCOc1c(CNn2c(-c3ccccc3OC)n[nH]c2=S)cc(Br)cc1OC. The van der Waals surface area contributed by atoms with Gasteiger partial charge in [-0.1, -0.05) is 28.1 Å². The Labute approximate surface area is 176 Å². The third kappa shape index (κ3) is 4.15. The minimum Gasteiger partial charge on any atom is -0.496 e. The molecule has 0 aliphatic heterocycles. The zero-order chi connectivity index (χ0) is 20.1. The first-order valence-corrected chi connectivity index (χ1v) is 9.83. The highest BCUT2D eigenvalue weighted by molar-refractivity contribution is 9.10. The van der Waals surface area contributed by atoms with Crippen molar-refractivity contribution in [2.45, 2.75) is 13.5 Å². The van der Waals surface area contributed by atoms with Gasteiger partial charge in [0, 0.05) is 10.0 Å². The Balaban J connectivity index is 1.96. The Hall–Kier alpha value is -2.52. The molecule has 0 aliphatic carbocycles. The van der Waals surface area contributed by atoms with Gasteiger partial charge in [0.05, 0.1) is 32.9 Å². The van der Waals surface area contributed by atoms with Gasteiger partial charge in [0.15, 0.2) is 17.3 Å². The molecule has 0 saturated carbocycles. The molecule has 2 N–H and O–H groups in total. The number of rotatable bonds is 8. The molecular weight excluding hydrogens is 444 g/mol. The second kappa shape index (κ2) is 9.11. The lowest BCUT2D eigenvalue weighted by atomic mass is 10.2. The molecule has 3 aromatic rings. The van der Waals surface area contributed by atoms with E-state index in [-0.39, 0.29) is 0 Å². The summed E-state index contributed by atoms with van der Waals surface area (Å²) in [5.74, 6) is 2.68. The Kier molecular flexibility index (Phi) is 6.58. The molecule has 3 rings (SSSR count). The molecule has 0 aliphatic rings. The number of methoxy groups -OCH3 is 2. The second-order valence-electron chi connectivity index (χ2n) is 5.75. The van der Waals surface area contributed by atoms with Crippen molar-refractivity contribution in [1.82, 2.24) is 14.9 Å². The van der Waals surface area contributed by atoms with E-state index in [2.05, 4.69) is 31.6 Å². The van der Waals surface area contributed by atoms with Crippen molar-refractivity contribution < 1.29 is 14.2 Å². The van der Waals surface area contributed by atoms with Crippen LogP contribution < -0.4 is 19.6 Å². The van der Waals surface area contributed by atoms with Crippen molar-refractivity contribution in [3.8, 4) is 28.6 Å². The van der Waals surface area contributed by atoms with E-state index in [1.54, 1.807) is 18.9 Å². The van der Waals surface area contributed by atoms with Crippen LogP contribution >= 0.6 is 28.1 Å². The van der Waals surface area contributed by atoms with Crippen LogP contribution in [-0.4, -0.2) is 35.7 Å². The van der Waals surface area contributed by atoms with Gasteiger partial charge in [0.2, 0.25) is 4.77 Å². The van der Waals surface area contributed by atoms with Gasteiger partial charge in [0.25, 0.3) is 0 Å². The first-order valence-electron chi connectivity index (χ1n) is 8.62. The highest BCUT2D eigenvalue weighted by atomic mass is 79.9. The topological polar surface area (TPSA) is 73.3 Å². The van der Waals surface area contributed by atoms with E-state index in [9.17, 15) is 0 Å². The summed E-state index contributed by atoms with van der Waals surface area (Å²) < 4.78 is 19.8. The van der Waals surface area contributed by atoms with Gasteiger partial charge in [-0.2, -0.15) is 5.10 Å². The molecule has 0 radical (unpaired) electrons. The zero-order valence-corrected chi connectivity index (χ0v) is 18.2. The van der Waals surface area contributed by atoms with Crippen LogP contribution in [0.25, 0.3) is 11.4 Å². The number of hydrogen-bond acceptors (Lipinski definition) is 6. The van der Waals surface area contributed by atoms with Gasteiger partial charge in [-0.15, -0.1) is 0 Å². The summed E-state index contributed by atoms with van der Waals surface area (Å²) in [5.41, 5.74) is 5.05. The maximum atomic E-state index is 5.80. The molecule has 1 aromatic heterocycles. The standard InChI is InChI=1S/C19H21BrN4O3S/c1-4-27-17-12(9-13(20)10-16(17)26-3)11-21-24-18(22-23-19(24)28)14-7-5-6-8-15(14)25-2/h5-10,21H,4,11H2,1-3H3,(H,23,28). The van der Waals surface area contributed by atoms with E-state index in [1.807, 2.05) is 43.3 Å². The van der Waals surface area contributed by atoms with Crippen LogP contribution in [0, 0.1) is 4.77 Å². The Bertz CT molecular complexity index is 1020. The maximum Gasteiger partial charge on any atom is 0.214 e. The second-order valence-corrected chi connectivity index (χ2v) is 7.05. The third-order valence-electron chi connectivity index (χ3n) is 4.05. The van der Waals surface area contributed by atoms with Crippen molar-refractivity contribution in [1.29, 1.82) is 0 Å². The lowest BCUT2D eigenvalue weighted by Gasteiger charge is -2.17. The van der Waals surface area contributed by atoms with E-state index in [1.165, 1.54) is 0 Å². The predicted octanol–water partition coefficient (Wildman–Crippen LogP) is 4.53. The summed E-state index contributed by atoms with van der Waals surface area (Å²) in [4.78, 5) is 0. The number of aromatic nitrogens is 3. The molecule has 9 heteroatoms. The minimum absolute atomic E-state index is 0.445. The molecule has 7 nitrogen and oxygen atoms in total. The van der Waals surface area contributed by atoms with Gasteiger partial charge >= 0.3 is 0 Å². The summed E-state index contributed by atoms with van der Waals surface area (Å²) in [6.07, 6.45) is 0. The molecule has 2 aromatic carbocycles. The first-order chi connectivity index (χ1) is 13.6. The van der Waals surface area contributed by atoms with Crippen LogP contribution in [0.3, 0.4) is 0 Å². The van der Waals surface area contributed by atoms with Crippen LogP contribution in [-0.2, 0) is 6.54 Å². The molecule has 0 atom stereocenters. The molecular formula is C19H21BrN4O3S. The number of para-hydroxylation sites is 1. The average molecular weight is 465 g/mol. The normalized spacial score (nSPS) is 10.6. The van der Waals surface area contributed by atoms with Crippen molar-refractivity contribution in [3.05, 3.63) is 51.2 Å². The molecule has 0 bridgehead atoms. The number of aromatic amines is 1. The summed E-state index contributed by atoms with van der Waals surface area (Å²) in [6.45, 7) is 2.91. The predicted molar refractivity (Wildman–Crippen MR) is 114 cm³/mol. The monoisotopic (exact) mass is 464 g/mol. The van der Waals surface area contributed by atoms with Gasteiger partial charge in [-0.05, 0) is 43.4 Å². The summed E-state index contributed by atoms with van der Waals surface area (Å²) in [5, 5.41) is 7.18. The third-order valence-corrected chi connectivity index (χ3v) is 4.78. The number of H-pyrrole nitrogens is 1.